The van der Waals surface area contributed by atoms with Crippen LogP contribution < -0.4 is 5.32 Å². The minimum absolute atomic E-state index is 0. The zero-order valence-electron chi connectivity index (χ0n) is 20.5. The van der Waals surface area contributed by atoms with E-state index in [0.717, 1.165) is 70.5 Å². The first-order valence-corrected chi connectivity index (χ1v) is 12.7. The molecule has 33 heavy (non-hydrogen) atoms. The second-order valence-electron chi connectivity index (χ2n) is 9.79. The van der Waals surface area contributed by atoms with Gasteiger partial charge in [-0.2, -0.15) is 0 Å². The number of halogens is 1. The Labute approximate surface area is 217 Å². The third kappa shape index (κ3) is 8.37. The van der Waals surface area contributed by atoms with E-state index in [9.17, 15) is 0 Å². The summed E-state index contributed by atoms with van der Waals surface area (Å²) >= 11 is 0. The molecule has 4 rings (SSSR count). The molecule has 1 aromatic rings. The molecule has 0 radical (unpaired) electrons. The summed E-state index contributed by atoms with van der Waals surface area (Å²) < 4.78 is 11.8. The van der Waals surface area contributed by atoms with Gasteiger partial charge in [-0.15, -0.1) is 24.0 Å². The third-order valence-corrected chi connectivity index (χ3v) is 7.28. The zero-order chi connectivity index (χ0) is 22.2. The fraction of sp³-hybridized carbons (Fsp3) is 0.731. The van der Waals surface area contributed by atoms with E-state index in [1.54, 1.807) is 0 Å². The van der Waals surface area contributed by atoms with Crippen LogP contribution in [-0.2, 0) is 16.0 Å². The van der Waals surface area contributed by atoms with Gasteiger partial charge in [-0.05, 0) is 70.0 Å². The van der Waals surface area contributed by atoms with Crippen LogP contribution in [0.25, 0.3) is 0 Å². The molecular formula is C26H43IN4O2. The highest BCUT2D eigenvalue weighted by molar-refractivity contribution is 14.0. The van der Waals surface area contributed by atoms with Crippen molar-refractivity contribution in [3.63, 3.8) is 0 Å². The Balaban J connectivity index is 0.00000306. The maximum Gasteiger partial charge on any atom is 0.193 e. The van der Waals surface area contributed by atoms with Crippen LogP contribution in [0.5, 0.6) is 0 Å². The molecule has 1 N–H and O–H groups in total. The lowest BCUT2D eigenvalue weighted by atomic mass is 9.96. The molecule has 186 valence electrons. The lowest BCUT2D eigenvalue weighted by Crippen LogP contribution is -2.48. The van der Waals surface area contributed by atoms with Gasteiger partial charge < -0.3 is 19.7 Å². The van der Waals surface area contributed by atoms with Crippen LogP contribution >= 0.6 is 24.0 Å². The van der Waals surface area contributed by atoms with E-state index in [-0.39, 0.29) is 24.0 Å². The average molecular weight is 571 g/mol. The number of hydrogen-bond acceptors (Lipinski definition) is 4. The highest BCUT2D eigenvalue weighted by atomic mass is 127. The van der Waals surface area contributed by atoms with Crippen molar-refractivity contribution in [2.75, 3.05) is 53.0 Å². The van der Waals surface area contributed by atoms with Crippen molar-refractivity contribution >= 4 is 29.9 Å². The summed E-state index contributed by atoms with van der Waals surface area (Å²) in [6.07, 6.45) is 7.69. The molecular weight excluding hydrogens is 527 g/mol. The van der Waals surface area contributed by atoms with E-state index in [4.69, 9.17) is 9.47 Å². The number of piperidine rings is 2. The van der Waals surface area contributed by atoms with Crippen LogP contribution in [0.4, 0.5) is 0 Å². The molecule has 0 aromatic heterocycles. The van der Waals surface area contributed by atoms with E-state index in [2.05, 4.69) is 51.3 Å². The fourth-order valence-corrected chi connectivity index (χ4v) is 5.12. The number of ether oxygens (including phenoxy) is 2. The SMILES string of the molecule is CN=C(NCC1CCN(Cc2ccc(C)cc2)CC1)N1CCC(OCC2CCCO2)CC1.I. The molecule has 3 fully saturated rings. The van der Waals surface area contributed by atoms with Crippen molar-refractivity contribution in [1.82, 2.24) is 15.1 Å². The topological polar surface area (TPSA) is 49.3 Å². The van der Waals surface area contributed by atoms with Crippen molar-refractivity contribution in [2.45, 2.75) is 64.2 Å². The molecule has 1 unspecified atom stereocenters. The maximum absolute atomic E-state index is 6.13. The van der Waals surface area contributed by atoms with Gasteiger partial charge in [0.15, 0.2) is 5.96 Å². The molecule has 3 aliphatic rings. The maximum atomic E-state index is 6.13. The van der Waals surface area contributed by atoms with Crippen molar-refractivity contribution < 1.29 is 9.47 Å². The van der Waals surface area contributed by atoms with Gasteiger partial charge in [-0.25, -0.2) is 0 Å². The standard InChI is InChI=1S/C26H42N4O2.HI/c1-21-5-7-23(8-6-21)19-29-13-9-22(10-14-29)18-28-26(27-2)30-15-11-24(12-16-30)32-20-25-4-3-17-31-25;/h5-8,22,24-25H,3-4,9-20H2,1-2H3,(H,27,28);1H. The number of likely N-dealkylation sites (tertiary alicyclic amines) is 2. The normalized spacial score (nSPS) is 23.5. The average Bonchev–Trinajstić information content (AvgIpc) is 3.35. The van der Waals surface area contributed by atoms with Gasteiger partial charge in [0.2, 0.25) is 0 Å². The summed E-state index contributed by atoms with van der Waals surface area (Å²) in [5.41, 5.74) is 2.76. The van der Waals surface area contributed by atoms with E-state index in [1.165, 1.54) is 43.5 Å². The van der Waals surface area contributed by atoms with Crippen molar-refractivity contribution in [1.29, 1.82) is 0 Å². The van der Waals surface area contributed by atoms with E-state index >= 15 is 0 Å². The molecule has 0 amide bonds. The fourth-order valence-electron chi connectivity index (χ4n) is 5.12. The van der Waals surface area contributed by atoms with E-state index in [0.29, 0.717) is 12.2 Å². The molecule has 0 saturated carbocycles. The van der Waals surface area contributed by atoms with Gasteiger partial charge in [0.25, 0.3) is 0 Å². The molecule has 3 aliphatic heterocycles. The quantitative estimate of drug-likeness (QED) is 0.305. The second-order valence-corrected chi connectivity index (χ2v) is 9.79. The summed E-state index contributed by atoms with van der Waals surface area (Å²) in [4.78, 5) is 9.56. The van der Waals surface area contributed by atoms with Gasteiger partial charge in [0.1, 0.15) is 0 Å². The minimum atomic E-state index is 0. The van der Waals surface area contributed by atoms with Crippen LogP contribution in [0.2, 0.25) is 0 Å². The number of aryl methyl sites for hydroxylation is 1. The smallest absolute Gasteiger partial charge is 0.193 e. The number of aliphatic imine (C=N–C) groups is 1. The highest BCUT2D eigenvalue weighted by Gasteiger charge is 2.25. The number of benzene rings is 1. The monoisotopic (exact) mass is 570 g/mol. The Kier molecular flexibility index (Phi) is 11.2. The Hall–Kier alpha value is -0.900. The molecule has 0 spiro atoms. The molecule has 3 heterocycles. The largest absolute Gasteiger partial charge is 0.376 e. The van der Waals surface area contributed by atoms with E-state index in [1.807, 2.05) is 7.05 Å². The van der Waals surface area contributed by atoms with Gasteiger partial charge >= 0.3 is 0 Å². The Morgan fingerprint density at radius 3 is 2.42 bits per heavy atom. The molecule has 1 aromatic carbocycles. The number of rotatable bonds is 7. The number of nitrogens with one attached hydrogen (secondary N) is 1. The molecule has 0 aliphatic carbocycles. The summed E-state index contributed by atoms with van der Waals surface area (Å²) in [7, 11) is 1.91. The van der Waals surface area contributed by atoms with Gasteiger partial charge in [0, 0.05) is 39.8 Å². The molecule has 6 nitrogen and oxygen atoms in total. The molecule has 0 bridgehead atoms. The Morgan fingerprint density at radius 1 is 1.06 bits per heavy atom. The van der Waals surface area contributed by atoms with Crippen molar-refractivity contribution in [2.24, 2.45) is 10.9 Å². The summed E-state index contributed by atoms with van der Waals surface area (Å²) in [5.74, 6) is 1.79. The minimum Gasteiger partial charge on any atom is -0.376 e. The molecule has 3 saturated heterocycles. The van der Waals surface area contributed by atoms with Crippen LogP contribution in [0.1, 0.15) is 49.7 Å². The first-order valence-electron chi connectivity index (χ1n) is 12.7. The molecule has 7 heteroatoms. The lowest BCUT2D eigenvalue weighted by Gasteiger charge is -2.36. The first-order chi connectivity index (χ1) is 15.7. The van der Waals surface area contributed by atoms with Gasteiger partial charge in [-0.1, -0.05) is 29.8 Å². The van der Waals surface area contributed by atoms with Crippen LogP contribution in [0, 0.1) is 12.8 Å². The Morgan fingerprint density at radius 2 is 1.79 bits per heavy atom. The summed E-state index contributed by atoms with van der Waals surface area (Å²) in [6, 6.07) is 8.97. The second kappa shape index (κ2) is 13.9. The van der Waals surface area contributed by atoms with Crippen LogP contribution in [0.15, 0.2) is 29.3 Å². The van der Waals surface area contributed by atoms with Crippen LogP contribution in [-0.4, -0.2) is 81.0 Å². The predicted octanol–water partition coefficient (Wildman–Crippen LogP) is 4.06. The number of guanidine groups is 1. The van der Waals surface area contributed by atoms with Crippen LogP contribution in [0.3, 0.4) is 0 Å². The number of hydrogen-bond donors (Lipinski definition) is 1. The first kappa shape index (κ1) is 26.7. The summed E-state index contributed by atoms with van der Waals surface area (Å²) in [6.45, 7) is 10.3. The van der Waals surface area contributed by atoms with Crippen molar-refractivity contribution in [3.05, 3.63) is 35.4 Å². The predicted molar refractivity (Wildman–Crippen MR) is 145 cm³/mol. The van der Waals surface area contributed by atoms with Gasteiger partial charge in [-0.3, -0.25) is 9.89 Å². The van der Waals surface area contributed by atoms with E-state index < -0.39 is 0 Å². The van der Waals surface area contributed by atoms with Gasteiger partial charge in [0.05, 0.1) is 18.8 Å². The van der Waals surface area contributed by atoms with Crippen molar-refractivity contribution in [3.8, 4) is 0 Å². The number of nitrogens with zero attached hydrogens (tertiary/aromatic N) is 3. The highest BCUT2D eigenvalue weighted by Crippen LogP contribution is 2.20. The lowest BCUT2D eigenvalue weighted by molar-refractivity contribution is -0.0367. The zero-order valence-corrected chi connectivity index (χ0v) is 22.8. The summed E-state index contributed by atoms with van der Waals surface area (Å²) in [5, 5.41) is 3.67. The molecule has 1 atom stereocenters. The third-order valence-electron chi connectivity index (χ3n) is 7.28. The Bertz CT molecular complexity index is 708.